The van der Waals surface area contributed by atoms with E-state index in [4.69, 9.17) is 0 Å². The van der Waals surface area contributed by atoms with Gasteiger partial charge in [-0.05, 0) is 25.8 Å². The summed E-state index contributed by atoms with van der Waals surface area (Å²) in [7, 11) is 0. The van der Waals surface area contributed by atoms with Gasteiger partial charge >= 0.3 is 0 Å². The van der Waals surface area contributed by atoms with Crippen LogP contribution in [0.25, 0.3) is 0 Å². The third-order valence-corrected chi connectivity index (χ3v) is 3.18. The standard InChI is InChI=1S/C12H16N2O3/c1-9-4-3-5-10(14(16)17)11(9)13-7-6-12(2,15)8-13/h3-5,15H,6-8H2,1-2H3. The molecule has 0 radical (unpaired) electrons. The number of nitrogens with zero attached hydrogens (tertiary/aromatic N) is 2. The van der Waals surface area contributed by atoms with Gasteiger partial charge in [-0.2, -0.15) is 0 Å². The lowest BCUT2D eigenvalue weighted by atomic mass is 10.1. The Hall–Kier alpha value is -1.62. The Morgan fingerprint density at radius 3 is 2.76 bits per heavy atom. The van der Waals surface area contributed by atoms with Crippen molar-refractivity contribution < 1.29 is 10.0 Å². The molecule has 5 nitrogen and oxygen atoms in total. The molecule has 0 spiro atoms. The van der Waals surface area contributed by atoms with Crippen molar-refractivity contribution in [3.63, 3.8) is 0 Å². The molecule has 0 aliphatic carbocycles. The quantitative estimate of drug-likeness (QED) is 0.628. The molecule has 2 rings (SSSR count). The summed E-state index contributed by atoms with van der Waals surface area (Å²) in [4.78, 5) is 12.5. The minimum Gasteiger partial charge on any atom is -0.388 e. The average Bonchev–Trinajstić information content (AvgIpc) is 2.58. The summed E-state index contributed by atoms with van der Waals surface area (Å²) in [6, 6.07) is 5.05. The van der Waals surface area contributed by atoms with Crippen molar-refractivity contribution in [1.82, 2.24) is 0 Å². The van der Waals surface area contributed by atoms with E-state index in [0.717, 1.165) is 5.56 Å². The third-order valence-electron chi connectivity index (χ3n) is 3.18. The summed E-state index contributed by atoms with van der Waals surface area (Å²) in [6.45, 7) is 4.71. The van der Waals surface area contributed by atoms with Gasteiger partial charge in [-0.1, -0.05) is 12.1 Å². The Bertz CT molecular complexity index is 457. The number of nitro groups is 1. The van der Waals surface area contributed by atoms with Crippen LogP contribution in [0.15, 0.2) is 18.2 Å². The smallest absolute Gasteiger partial charge is 0.292 e. The normalized spacial score (nSPS) is 24.1. The molecule has 5 heteroatoms. The minimum atomic E-state index is -0.754. The summed E-state index contributed by atoms with van der Waals surface area (Å²) in [5.74, 6) is 0. The number of hydrogen-bond donors (Lipinski definition) is 1. The maximum Gasteiger partial charge on any atom is 0.292 e. The minimum absolute atomic E-state index is 0.114. The van der Waals surface area contributed by atoms with Crippen LogP contribution in [0.4, 0.5) is 11.4 Å². The molecule has 1 fully saturated rings. The van der Waals surface area contributed by atoms with Crippen molar-refractivity contribution in [2.45, 2.75) is 25.9 Å². The van der Waals surface area contributed by atoms with E-state index in [0.29, 0.717) is 25.2 Å². The number of para-hydroxylation sites is 1. The predicted molar refractivity (Wildman–Crippen MR) is 65.3 cm³/mol. The second-order valence-electron chi connectivity index (χ2n) is 4.87. The van der Waals surface area contributed by atoms with Crippen LogP contribution in [0, 0.1) is 17.0 Å². The first-order valence-corrected chi connectivity index (χ1v) is 5.62. The summed E-state index contributed by atoms with van der Waals surface area (Å²) in [5.41, 5.74) is 0.866. The average molecular weight is 236 g/mol. The molecular formula is C12H16N2O3. The molecule has 1 aromatic carbocycles. The second-order valence-corrected chi connectivity index (χ2v) is 4.87. The summed E-state index contributed by atoms with van der Waals surface area (Å²) in [5, 5.41) is 20.9. The first-order chi connectivity index (χ1) is 7.91. The number of hydrogen-bond acceptors (Lipinski definition) is 4. The van der Waals surface area contributed by atoms with Gasteiger partial charge in [0.2, 0.25) is 0 Å². The molecular weight excluding hydrogens is 220 g/mol. The zero-order valence-corrected chi connectivity index (χ0v) is 10.0. The fraction of sp³-hybridized carbons (Fsp3) is 0.500. The van der Waals surface area contributed by atoms with Crippen LogP contribution in [0.1, 0.15) is 18.9 Å². The highest BCUT2D eigenvalue weighted by molar-refractivity contribution is 5.68. The van der Waals surface area contributed by atoms with Crippen molar-refractivity contribution in [3.8, 4) is 0 Å². The number of benzene rings is 1. The van der Waals surface area contributed by atoms with E-state index in [-0.39, 0.29) is 10.6 Å². The third kappa shape index (κ3) is 2.24. The maximum atomic E-state index is 11.0. The van der Waals surface area contributed by atoms with Crippen LogP contribution >= 0.6 is 0 Å². The molecule has 1 atom stereocenters. The van der Waals surface area contributed by atoms with E-state index in [1.54, 1.807) is 13.0 Å². The molecule has 1 unspecified atom stereocenters. The van der Waals surface area contributed by atoms with E-state index in [1.165, 1.54) is 6.07 Å². The molecule has 1 aliphatic rings. The lowest BCUT2D eigenvalue weighted by Crippen LogP contribution is -2.30. The Morgan fingerprint density at radius 1 is 1.53 bits per heavy atom. The molecule has 1 aliphatic heterocycles. The van der Waals surface area contributed by atoms with Gasteiger partial charge in [-0.3, -0.25) is 10.1 Å². The molecule has 1 heterocycles. The Labute approximate surface area is 99.8 Å². The first kappa shape index (κ1) is 11.9. The molecule has 0 saturated carbocycles. The zero-order valence-electron chi connectivity index (χ0n) is 10.0. The van der Waals surface area contributed by atoms with Gasteiger partial charge in [0.15, 0.2) is 0 Å². The number of anilines is 1. The van der Waals surface area contributed by atoms with E-state index < -0.39 is 5.60 Å². The molecule has 1 aromatic rings. The largest absolute Gasteiger partial charge is 0.388 e. The summed E-state index contributed by atoms with van der Waals surface area (Å²) >= 11 is 0. The van der Waals surface area contributed by atoms with Crippen molar-refractivity contribution >= 4 is 11.4 Å². The van der Waals surface area contributed by atoms with Gasteiger partial charge < -0.3 is 10.0 Å². The van der Waals surface area contributed by atoms with Crippen LogP contribution in [0.5, 0.6) is 0 Å². The van der Waals surface area contributed by atoms with Crippen molar-refractivity contribution in [2.24, 2.45) is 0 Å². The van der Waals surface area contributed by atoms with Gasteiger partial charge in [0.25, 0.3) is 5.69 Å². The number of aliphatic hydroxyl groups is 1. The first-order valence-electron chi connectivity index (χ1n) is 5.62. The molecule has 1 N–H and O–H groups in total. The topological polar surface area (TPSA) is 66.6 Å². The highest BCUT2D eigenvalue weighted by atomic mass is 16.6. The van der Waals surface area contributed by atoms with Gasteiger partial charge in [-0.15, -0.1) is 0 Å². The lowest BCUT2D eigenvalue weighted by Gasteiger charge is -2.22. The Kier molecular flexibility index (Phi) is 2.79. The zero-order chi connectivity index (χ0) is 12.6. The number of nitro benzene ring substituents is 1. The van der Waals surface area contributed by atoms with Gasteiger partial charge in [0.05, 0.1) is 10.5 Å². The highest BCUT2D eigenvalue weighted by Gasteiger charge is 2.34. The van der Waals surface area contributed by atoms with Crippen LogP contribution in [0.2, 0.25) is 0 Å². The monoisotopic (exact) mass is 236 g/mol. The molecule has 0 amide bonds. The molecule has 17 heavy (non-hydrogen) atoms. The van der Waals surface area contributed by atoms with Crippen molar-refractivity contribution in [1.29, 1.82) is 0 Å². The second kappa shape index (κ2) is 4.00. The van der Waals surface area contributed by atoms with E-state index in [9.17, 15) is 15.2 Å². The fourth-order valence-electron chi connectivity index (χ4n) is 2.34. The van der Waals surface area contributed by atoms with E-state index in [1.807, 2.05) is 17.9 Å². The molecule has 92 valence electrons. The number of rotatable bonds is 2. The van der Waals surface area contributed by atoms with Crippen LogP contribution in [-0.4, -0.2) is 28.7 Å². The van der Waals surface area contributed by atoms with E-state index >= 15 is 0 Å². The fourth-order valence-corrected chi connectivity index (χ4v) is 2.34. The van der Waals surface area contributed by atoms with Crippen molar-refractivity contribution in [3.05, 3.63) is 33.9 Å². The van der Waals surface area contributed by atoms with Gasteiger partial charge in [0, 0.05) is 19.2 Å². The maximum absolute atomic E-state index is 11.0. The molecule has 0 aromatic heterocycles. The SMILES string of the molecule is Cc1cccc([N+](=O)[O-])c1N1CCC(C)(O)C1. The summed E-state index contributed by atoms with van der Waals surface area (Å²) in [6.07, 6.45) is 0.637. The highest BCUT2D eigenvalue weighted by Crippen LogP contribution is 2.35. The summed E-state index contributed by atoms with van der Waals surface area (Å²) < 4.78 is 0. The van der Waals surface area contributed by atoms with Crippen LogP contribution in [0.3, 0.4) is 0 Å². The Morgan fingerprint density at radius 2 is 2.24 bits per heavy atom. The van der Waals surface area contributed by atoms with Gasteiger partial charge in [0.1, 0.15) is 5.69 Å². The predicted octanol–water partition coefficient (Wildman–Crippen LogP) is 1.86. The van der Waals surface area contributed by atoms with Gasteiger partial charge in [-0.25, -0.2) is 0 Å². The Balaban J connectivity index is 2.42. The molecule has 1 saturated heterocycles. The molecule has 0 bridgehead atoms. The van der Waals surface area contributed by atoms with Crippen LogP contribution in [-0.2, 0) is 0 Å². The number of β-amino-alcohol motifs (C(OH)–C–C–N with tert-alkyl or cyclic N) is 1. The lowest BCUT2D eigenvalue weighted by molar-refractivity contribution is -0.384. The van der Waals surface area contributed by atoms with Crippen LogP contribution < -0.4 is 4.90 Å². The van der Waals surface area contributed by atoms with Crippen molar-refractivity contribution in [2.75, 3.05) is 18.0 Å². The number of aryl methyl sites for hydroxylation is 1. The van der Waals surface area contributed by atoms with E-state index in [2.05, 4.69) is 0 Å².